The summed E-state index contributed by atoms with van der Waals surface area (Å²) in [6.45, 7) is 0. The highest BCUT2D eigenvalue weighted by Gasteiger charge is 2.33. The van der Waals surface area contributed by atoms with Gasteiger partial charge in [0.15, 0.2) is 5.69 Å². The monoisotopic (exact) mass is 363 g/mol. The summed E-state index contributed by atoms with van der Waals surface area (Å²) in [5, 5.41) is 12.1. The first-order valence-electron chi connectivity index (χ1n) is 7.62. The number of hydrogen-bond donors (Lipinski definition) is 0. The van der Waals surface area contributed by atoms with Crippen LogP contribution in [-0.4, -0.2) is 25.0 Å². The maximum atomic E-state index is 12.5. The van der Waals surface area contributed by atoms with Crippen LogP contribution in [0.15, 0.2) is 52.6 Å². The molecule has 0 spiro atoms. The number of halogens is 3. The quantitative estimate of drug-likeness (QED) is 0.698. The van der Waals surface area contributed by atoms with E-state index in [1.807, 2.05) is 30.3 Å². The Morgan fingerprint density at radius 2 is 1.76 bits per heavy atom. The molecule has 4 rings (SSSR count). The lowest BCUT2D eigenvalue weighted by molar-refractivity contribution is -0.141. The molecule has 0 N–H and O–H groups in total. The van der Waals surface area contributed by atoms with E-state index in [1.165, 1.54) is 6.07 Å². The normalized spacial score (nSPS) is 14.7. The van der Waals surface area contributed by atoms with Crippen molar-refractivity contribution in [1.82, 2.24) is 25.0 Å². The van der Waals surface area contributed by atoms with Gasteiger partial charge in [0.25, 0.3) is 0 Å². The Balaban J connectivity index is 1.61. The molecule has 3 aromatic rings. The second kappa shape index (κ2) is 6.14. The number of alkyl halides is 3. The van der Waals surface area contributed by atoms with Gasteiger partial charge in [0, 0.05) is 5.92 Å². The first kappa shape index (κ1) is 16.1. The van der Waals surface area contributed by atoms with Gasteiger partial charge in [0.1, 0.15) is 10.9 Å². The molecule has 5 nitrogen and oxygen atoms in total. The summed E-state index contributed by atoms with van der Waals surface area (Å²) in [7, 11) is 0. The summed E-state index contributed by atoms with van der Waals surface area (Å²) < 4.78 is 39.4. The highest BCUT2D eigenvalue weighted by molar-refractivity contribution is 7.99. The Bertz CT molecular complexity index is 873. The van der Waals surface area contributed by atoms with Crippen LogP contribution in [0.3, 0.4) is 0 Å². The molecule has 0 atom stereocenters. The van der Waals surface area contributed by atoms with Crippen molar-refractivity contribution < 1.29 is 13.2 Å². The molecular weight excluding hydrogens is 351 g/mol. The predicted octanol–water partition coefficient (Wildman–Crippen LogP) is 4.10. The lowest BCUT2D eigenvalue weighted by Crippen LogP contribution is -2.08. The van der Waals surface area contributed by atoms with Gasteiger partial charge in [-0.25, -0.2) is 9.67 Å². The Labute approximate surface area is 145 Å². The largest absolute Gasteiger partial charge is 0.435 e. The van der Waals surface area contributed by atoms with E-state index in [9.17, 15) is 13.2 Å². The number of nitrogens with zero attached hydrogens (tertiary/aromatic N) is 5. The fourth-order valence-corrected chi connectivity index (χ4v) is 3.00. The van der Waals surface area contributed by atoms with E-state index in [0.29, 0.717) is 16.1 Å². The SMILES string of the molecule is FC(F)(F)c1ccc(Sc2nc(C3CC3)n(-c3ccccc3)n2)nn1. The predicted molar refractivity (Wildman–Crippen MR) is 84.5 cm³/mol. The number of hydrogen-bond acceptors (Lipinski definition) is 5. The molecular formula is C16H12F3N5S. The first-order valence-corrected chi connectivity index (χ1v) is 8.43. The smallest absolute Gasteiger partial charge is 0.216 e. The molecule has 2 heterocycles. The lowest BCUT2D eigenvalue weighted by Gasteiger charge is -2.04. The molecule has 0 saturated heterocycles. The zero-order valence-corrected chi connectivity index (χ0v) is 13.6. The second-order valence-electron chi connectivity index (χ2n) is 5.63. The van der Waals surface area contributed by atoms with Crippen LogP contribution in [0.1, 0.15) is 30.3 Å². The third kappa shape index (κ3) is 3.51. The van der Waals surface area contributed by atoms with Crippen molar-refractivity contribution in [3.05, 3.63) is 54.0 Å². The fourth-order valence-electron chi connectivity index (χ4n) is 2.33. The van der Waals surface area contributed by atoms with Crippen molar-refractivity contribution in [3.63, 3.8) is 0 Å². The summed E-state index contributed by atoms with van der Waals surface area (Å²) in [6.07, 6.45) is -2.37. The number of benzene rings is 1. The minimum Gasteiger partial charge on any atom is -0.216 e. The Kier molecular flexibility index (Phi) is 3.95. The summed E-state index contributed by atoms with van der Waals surface area (Å²) in [4.78, 5) is 4.54. The highest BCUT2D eigenvalue weighted by atomic mass is 32.2. The van der Waals surface area contributed by atoms with E-state index in [2.05, 4.69) is 20.3 Å². The van der Waals surface area contributed by atoms with Crippen LogP contribution in [0.5, 0.6) is 0 Å². The van der Waals surface area contributed by atoms with E-state index < -0.39 is 11.9 Å². The second-order valence-corrected chi connectivity index (χ2v) is 6.62. The van der Waals surface area contributed by atoms with E-state index in [4.69, 9.17) is 0 Å². The van der Waals surface area contributed by atoms with Crippen LogP contribution in [0.4, 0.5) is 13.2 Å². The van der Waals surface area contributed by atoms with Crippen LogP contribution in [-0.2, 0) is 6.18 Å². The van der Waals surface area contributed by atoms with Gasteiger partial charge in [0.05, 0.1) is 5.69 Å². The van der Waals surface area contributed by atoms with Gasteiger partial charge >= 0.3 is 6.18 Å². The molecule has 0 bridgehead atoms. The average Bonchev–Trinajstić information content (AvgIpc) is 3.36. The van der Waals surface area contributed by atoms with Crippen LogP contribution in [0, 0.1) is 0 Å². The minimum absolute atomic E-state index is 0.320. The van der Waals surface area contributed by atoms with Gasteiger partial charge < -0.3 is 0 Å². The van der Waals surface area contributed by atoms with E-state index in [-0.39, 0.29) is 0 Å². The van der Waals surface area contributed by atoms with Crippen molar-refractivity contribution >= 4 is 11.8 Å². The standard InChI is InChI=1S/C16H12F3N5S/c17-16(18,19)12-8-9-13(22-21-12)25-15-20-14(10-6-7-10)24(23-15)11-4-2-1-3-5-11/h1-5,8-10H,6-7H2. The maximum Gasteiger partial charge on any atom is 0.435 e. The van der Waals surface area contributed by atoms with Crippen molar-refractivity contribution in [2.45, 2.75) is 35.1 Å². The van der Waals surface area contributed by atoms with Gasteiger partial charge in [-0.05, 0) is 48.9 Å². The summed E-state index contributed by atoms with van der Waals surface area (Å²) >= 11 is 1.10. The van der Waals surface area contributed by atoms with Crippen molar-refractivity contribution in [2.24, 2.45) is 0 Å². The molecule has 0 radical (unpaired) electrons. The molecule has 2 aromatic heterocycles. The number of para-hydroxylation sites is 1. The van der Waals surface area contributed by atoms with Gasteiger partial charge in [-0.15, -0.1) is 15.3 Å². The van der Waals surface area contributed by atoms with E-state index >= 15 is 0 Å². The topological polar surface area (TPSA) is 56.5 Å². The maximum absolute atomic E-state index is 12.5. The molecule has 1 aliphatic carbocycles. The Morgan fingerprint density at radius 3 is 2.36 bits per heavy atom. The van der Waals surface area contributed by atoms with Crippen LogP contribution in [0.2, 0.25) is 0 Å². The zero-order chi connectivity index (χ0) is 17.4. The molecule has 9 heteroatoms. The molecule has 1 fully saturated rings. The highest BCUT2D eigenvalue weighted by Crippen LogP contribution is 2.41. The minimum atomic E-state index is -4.50. The Morgan fingerprint density at radius 1 is 1.00 bits per heavy atom. The van der Waals surface area contributed by atoms with Crippen LogP contribution < -0.4 is 0 Å². The number of aromatic nitrogens is 5. The third-order valence-electron chi connectivity index (χ3n) is 3.68. The molecule has 0 aliphatic heterocycles. The van der Waals surface area contributed by atoms with Gasteiger partial charge in [0.2, 0.25) is 5.16 Å². The van der Waals surface area contributed by atoms with Crippen LogP contribution >= 0.6 is 11.8 Å². The summed E-state index contributed by atoms with van der Waals surface area (Å²) in [5.41, 5.74) is -0.111. The van der Waals surface area contributed by atoms with Crippen molar-refractivity contribution in [1.29, 1.82) is 0 Å². The average molecular weight is 363 g/mol. The Hall–Kier alpha value is -2.42. The molecule has 0 amide bonds. The molecule has 1 aliphatic rings. The van der Waals surface area contributed by atoms with Gasteiger partial charge in [-0.1, -0.05) is 18.2 Å². The first-order chi connectivity index (χ1) is 12.0. The molecule has 128 valence electrons. The number of rotatable bonds is 4. The van der Waals surface area contributed by atoms with E-state index in [1.54, 1.807) is 4.68 Å². The van der Waals surface area contributed by atoms with Crippen molar-refractivity contribution in [2.75, 3.05) is 0 Å². The summed E-state index contributed by atoms with van der Waals surface area (Å²) in [6, 6.07) is 11.8. The lowest BCUT2D eigenvalue weighted by atomic mass is 10.3. The molecule has 1 saturated carbocycles. The van der Waals surface area contributed by atoms with Gasteiger partial charge in [-0.2, -0.15) is 13.2 Å². The van der Waals surface area contributed by atoms with Crippen LogP contribution in [0.25, 0.3) is 5.69 Å². The molecule has 25 heavy (non-hydrogen) atoms. The third-order valence-corrected chi connectivity index (χ3v) is 4.46. The molecule has 1 aromatic carbocycles. The fraction of sp³-hybridized carbons (Fsp3) is 0.250. The van der Waals surface area contributed by atoms with E-state index in [0.717, 1.165) is 42.2 Å². The zero-order valence-electron chi connectivity index (χ0n) is 12.8. The van der Waals surface area contributed by atoms with Crippen molar-refractivity contribution in [3.8, 4) is 5.69 Å². The summed E-state index contributed by atoms with van der Waals surface area (Å²) in [5.74, 6) is 1.24. The molecule has 0 unspecified atom stereocenters. The van der Waals surface area contributed by atoms with Gasteiger partial charge in [-0.3, -0.25) is 0 Å².